The monoisotopic (exact) mass is 380 g/mol. The molecule has 0 spiro atoms. The molecule has 3 rings (SSSR count). The molecule has 4 nitrogen and oxygen atoms in total. The summed E-state index contributed by atoms with van der Waals surface area (Å²) in [5.74, 6) is 0.757. The van der Waals surface area contributed by atoms with Gasteiger partial charge in [-0.15, -0.1) is 0 Å². The van der Waals surface area contributed by atoms with Crippen LogP contribution in [0.2, 0.25) is 0 Å². The van der Waals surface area contributed by atoms with Crippen molar-refractivity contribution in [1.29, 1.82) is 0 Å². The van der Waals surface area contributed by atoms with Crippen molar-refractivity contribution in [3.63, 3.8) is 0 Å². The van der Waals surface area contributed by atoms with Crippen molar-refractivity contribution in [1.82, 2.24) is 4.90 Å². The van der Waals surface area contributed by atoms with E-state index in [-0.39, 0.29) is 12.0 Å². The molecular weight excluding hydrogens is 356 g/mol. The summed E-state index contributed by atoms with van der Waals surface area (Å²) in [7, 11) is 0. The van der Waals surface area contributed by atoms with Gasteiger partial charge in [-0.25, -0.2) is 4.99 Å². The normalized spacial score (nSPS) is 17.4. The lowest BCUT2D eigenvalue weighted by molar-refractivity contribution is -0.122. The molecule has 2 aromatic carbocycles. The van der Waals surface area contributed by atoms with Gasteiger partial charge in [0, 0.05) is 12.1 Å². The highest BCUT2D eigenvalue weighted by Crippen LogP contribution is 2.35. The Morgan fingerprint density at radius 2 is 1.85 bits per heavy atom. The van der Waals surface area contributed by atoms with E-state index in [2.05, 4.69) is 4.99 Å². The van der Waals surface area contributed by atoms with Crippen molar-refractivity contribution < 1.29 is 9.53 Å². The number of ether oxygens (including phenoxy) is 1. The Morgan fingerprint density at radius 1 is 1.15 bits per heavy atom. The number of amidine groups is 1. The Labute approximate surface area is 164 Å². The van der Waals surface area contributed by atoms with Crippen LogP contribution < -0.4 is 4.74 Å². The molecule has 0 radical (unpaired) electrons. The Bertz CT molecular complexity index is 885. The molecule has 1 amide bonds. The number of carbonyl (C=O) groups excluding carboxylic acids is 1. The third-order valence-electron chi connectivity index (χ3n) is 4.03. The summed E-state index contributed by atoms with van der Waals surface area (Å²) in [4.78, 5) is 19.9. The maximum atomic E-state index is 12.8. The zero-order valence-corrected chi connectivity index (χ0v) is 16.9. The van der Waals surface area contributed by atoms with E-state index in [1.165, 1.54) is 17.3 Å². The van der Waals surface area contributed by atoms with Crippen LogP contribution in [0.3, 0.4) is 0 Å². The molecule has 0 N–H and O–H groups in total. The van der Waals surface area contributed by atoms with E-state index >= 15 is 0 Å². The minimum atomic E-state index is -0.0206. The second kappa shape index (κ2) is 8.44. The number of likely N-dealkylation sites (N-methyl/N-ethyl adjacent to an activating group) is 1. The number of para-hydroxylation sites is 1. The zero-order chi connectivity index (χ0) is 19.4. The number of aryl methyl sites for hydroxylation is 1. The molecule has 0 bridgehead atoms. The molecule has 1 fully saturated rings. The minimum Gasteiger partial charge on any atom is -0.490 e. The van der Waals surface area contributed by atoms with E-state index in [0.717, 1.165) is 17.0 Å². The fraction of sp³-hybridized carbons (Fsp3) is 0.273. The van der Waals surface area contributed by atoms with Gasteiger partial charge in [0.15, 0.2) is 5.17 Å². The topological polar surface area (TPSA) is 41.9 Å². The molecule has 0 aliphatic carbocycles. The van der Waals surface area contributed by atoms with Gasteiger partial charge in [0.1, 0.15) is 5.75 Å². The van der Waals surface area contributed by atoms with Gasteiger partial charge in [-0.05, 0) is 63.7 Å². The highest BCUT2D eigenvalue weighted by Gasteiger charge is 2.32. The summed E-state index contributed by atoms with van der Waals surface area (Å²) >= 11 is 1.40. The second-order valence-electron chi connectivity index (χ2n) is 6.59. The third-order valence-corrected chi connectivity index (χ3v) is 5.04. The van der Waals surface area contributed by atoms with Crippen LogP contribution in [-0.2, 0) is 4.79 Å². The van der Waals surface area contributed by atoms with Gasteiger partial charge >= 0.3 is 0 Å². The van der Waals surface area contributed by atoms with E-state index in [0.29, 0.717) is 16.6 Å². The summed E-state index contributed by atoms with van der Waals surface area (Å²) in [5, 5.41) is 0.708. The van der Waals surface area contributed by atoms with Crippen molar-refractivity contribution in [2.45, 2.75) is 33.8 Å². The quantitative estimate of drug-likeness (QED) is 0.652. The fourth-order valence-corrected chi connectivity index (χ4v) is 3.76. The molecule has 0 aromatic heterocycles. The number of hydrogen-bond acceptors (Lipinski definition) is 4. The number of carbonyl (C=O) groups is 1. The maximum absolute atomic E-state index is 12.8. The van der Waals surface area contributed by atoms with Gasteiger partial charge in [0.25, 0.3) is 5.91 Å². The minimum absolute atomic E-state index is 0.0206. The molecule has 1 aliphatic rings. The van der Waals surface area contributed by atoms with Crippen molar-refractivity contribution in [3.8, 4) is 5.75 Å². The Morgan fingerprint density at radius 3 is 2.52 bits per heavy atom. The number of aliphatic imine (C=N–C) groups is 1. The first-order valence-electron chi connectivity index (χ1n) is 9.10. The fourth-order valence-electron chi connectivity index (χ4n) is 2.70. The van der Waals surface area contributed by atoms with Crippen LogP contribution in [0.15, 0.2) is 58.4 Å². The highest BCUT2D eigenvalue weighted by molar-refractivity contribution is 8.18. The lowest BCUT2D eigenvalue weighted by Crippen LogP contribution is -2.28. The number of amides is 1. The maximum Gasteiger partial charge on any atom is 0.266 e. The first-order chi connectivity index (χ1) is 13.0. The molecule has 0 saturated carbocycles. The molecule has 1 heterocycles. The molecule has 1 saturated heterocycles. The molecule has 0 atom stereocenters. The number of nitrogens with zero attached hydrogens (tertiary/aromatic N) is 2. The number of benzene rings is 2. The van der Waals surface area contributed by atoms with Gasteiger partial charge in [-0.1, -0.05) is 35.9 Å². The van der Waals surface area contributed by atoms with Crippen molar-refractivity contribution >= 4 is 34.6 Å². The molecule has 140 valence electrons. The van der Waals surface area contributed by atoms with Crippen LogP contribution in [0.5, 0.6) is 5.75 Å². The highest BCUT2D eigenvalue weighted by atomic mass is 32.2. The Balaban J connectivity index is 1.93. The smallest absolute Gasteiger partial charge is 0.266 e. The average Bonchev–Trinajstić information content (AvgIpc) is 2.93. The van der Waals surface area contributed by atoms with E-state index in [1.54, 1.807) is 4.90 Å². The Hall–Kier alpha value is -2.53. The summed E-state index contributed by atoms with van der Waals surface area (Å²) < 4.78 is 5.87. The number of rotatable bonds is 5. The molecule has 2 aromatic rings. The zero-order valence-electron chi connectivity index (χ0n) is 16.1. The van der Waals surface area contributed by atoms with Crippen molar-refractivity contribution in [2.24, 2.45) is 4.99 Å². The van der Waals surface area contributed by atoms with Crippen molar-refractivity contribution in [3.05, 3.63) is 64.6 Å². The van der Waals surface area contributed by atoms with Crippen LogP contribution in [0.25, 0.3) is 6.08 Å². The summed E-state index contributed by atoms with van der Waals surface area (Å²) in [6, 6.07) is 15.7. The van der Waals surface area contributed by atoms with Crippen LogP contribution >= 0.6 is 11.8 Å². The number of hydrogen-bond donors (Lipinski definition) is 0. The predicted molar refractivity (Wildman–Crippen MR) is 113 cm³/mol. The molecule has 27 heavy (non-hydrogen) atoms. The van der Waals surface area contributed by atoms with Gasteiger partial charge in [0.05, 0.1) is 16.7 Å². The Kier molecular flexibility index (Phi) is 6.01. The van der Waals surface area contributed by atoms with Crippen LogP contribution in [0, 0.1) is 6.92 Å². The lowest BCUT2D eigenvalue weighted by atomic mass is 10.2. The SMILES string of the molecule is CCN1C(=O)/C(=C\c2ccccc2OC(C)C)SC1=Nc1ccc(C)cc1. The lowest BCUT2D eigenvalue weighted by Gasteiger charge is -2.13. The van der Waals surface area contributed by atoms with E-state index in [9.17, 15) is 4.79 Å². The first kappa shape index (κ1) is 19.2. The first-order valence-corrected chi connectivity index (χ1v) is 9.92. The van der Waals surface area contributed by atoms with Crippen LogP contribution in [0.4, 0.5) is 5.69 Å². The third kappa shape index (κ3) is 4.61. The van der Waals surface area contributed by atoms with E-state index in [4.69, 9.17) is 4.74 Å². The van der Waals surface area contributed by atoms with E-state index in [1.807, 2.05) is 82.3 Å². The summed E-state index contributed by atoms with van der Waals surface area (Å²) in [6.45, 7) is 8.57. The van der Waals surface area contributed by atoms with E-state index < -0.39 is 0 Å². The summed E-state index contributed by atoms with van der Waals surface area (Å²) in [6.07, 6.45) is 1.97. The molecular formula is C22H24N2O2S. The average molecular weight is 381 g/mol. The van der Waals surface area contributed by atoms with Gasteiger partial charge in [0.2, 0.25) is 0 Å². The van der Waals surface area contributed by atoms with Gasteiger partial charge < -0.3 is 4.74 Å². The van der Waals surface area contributed by atoms with Gasteiger partial charge in [-0.3, -0.25) is 9.69 Å². The molecule has 0 unspecified atom stereocenters. The standard InChI is InChI=1S/C22H24N2O2S/c1-5-24-21(25)20(14-17-8-6-7-9-19(17)26-15(2)3)27-22(24)23-18-12-10-16(4)11-13-18/h6-15H,5H2,1-4H3/b20-14+,23-22?. The molecule has 5 heteroatoms. The largest absolute Gasteiger partial charge is 0.490 e. The second-order valence-corrected chi connectivity index (χ2v) is 7.60. The van der Waals surface area contributed by atoms with Gasteiger partial charge in [-0.2, -0.15) is 0 Å². The predicted octanol–water partition coefficient (Wildman–Crippen LogP) is 5.41. The molecule has 1 aliphatic heterocycles. The van der Waals surface area contributed by atoms with Crippen LogP contribution in [-0.4, -0.2) is 28.6 Å². The number of thioether (sulfide) groups is 1. The van der Waals surface area contributed by atoms with Crippen molar-refractivity contribution in [2.75, 3.05) is 6.54 Å². The summed E-state index contributed by atoms with van der Waals surface area (Å²) in [5.41, 5.74) is 2.93. The van der Waals surface area contributed by atoms with Crippen LogP contribution in [0.1, 0.15) is 31.9 Å².